The molecule has 6 heteroatoms. The van der Waals surface area contributed by atoms with E-state index in [-0.39, 0.29) is 5.91 Å². The maximum atomic E-state index is 12.1. The number of para-hydroxylation sites is 1. The first-order valence-electron chi connectivity index (χ1n) is 7.08. The van der Waals surface area contributed by atoms with Crippen molar-refractivity contribution in [2.75, 3.05) is 5.75 Å². The van der Waals surface area contributed by atoms with E-state index in [1.807, 2.05) is 48.0 Å². The lowest BCUT2D eigenvalue weighted by atomic mass is 10.2. The summed E-state index contributed by atoms with van der Waals surface area (Å²) < 4.78 is 4.09. The van der Waals surface area contributed by atoms with Crippen LogP contribution in [-0.2, 0) is 17.6 Å². The molecule has 0 radical (unpaired) electrons. The van der Waals surface area contributed by atoms with Gasteiger partial charge < -0.3 is 4.57 Å². The van der Waals surface area contributed by atoms with Crippen LogP contribution in [0.15, 0.2) is 58.0 Å². The number of nitrogens with zero attached hydrogens (tertiary/aromatic N) is 2. The SMILES string of the molecule is Cn1c(=NC(=O)CSCc2ccccc2)sc2cccc(Br)c21. The first-order valence-corrected chi connectivity index (χ1v) is 9.85. The zero-order valence-corrected chi connectivity index (χ0v) is 15.7. The van der Waals surface area contributed by atoms with Gasteiger partial charge in [-0.05, 0) is 33.6 Å². The van der Waals surface area contributed by atoms with Crippen LogP contribution >= 0.6 is 39.0 Å². The van der Waals surface area contributed by atoms with E-state index in [9.17, 15) is 4.79 Å². The van der Waals surface area contributed by atoms with Crippen molar-refractivity contribution in [3.63, 3.8) is 0 Å². The lowest BCUT2D eigenvalue weighted by Gasteiger charge is -1.99. The number of thiazole rings is 1. The molecular weight excluding hydrogens is 392 g/mol. The summed E-state index contributed by atoms with van der Waals surface area (Å²) in [6.45, 7) is 0. The minimum Gasteiger partial charge on any atom is -0.318 e. The smallest absolute Gasteiger partial charge is 0.258 e. The summed E-state index contributed by atoms with van der Waals surface area (Å²) in [6, 6.07) is 16.2. The third-order valence-corrected chi connectivity index (χ3v) is 6.06. The molecule has 1 aromatic heterocycles. The van der Waals surface area contributed by atoms with Gasteiger partial charge in [0.1, 0.15) is 0 Å². The summed E-state index contributed by atoms with van der Waals surface area (Å²) in [6.07, 6.45) is 0. The van der Waals surface area contributed by atoms with Gasteiger partial charge in [0.25, 0.3) is 5.91 Å². The van der Waals surface area contributed by atoms with Crippen molar-refractivity contribution in [3.8, 4) is 0 Å². The number of thioether (sulfide) groups is 1. The highest BCUT2D eigenvalue weighted by Crippen LogP contribution is 2.24. The summed E-state index contributed by atoms with van der Waals surface area (Å²) in [5.74, 6) is 1.13. The van der Waals surface area contributed by atoms with Crippen LogP contribution in [0.1, 0.15) is 5.56 Å². The van der Waals surface area contributed by atoms with E-state index >= 15 is 0 Å². The van der Waals surface area contributed by atoms with Gasteiger partial charge >= 0.3 is 0 Å². The number of hydrogen-bond donors (Lipinski definition) is 0. The Morgan fingerprint density at radius 3 is 2.74 bits per heavy atom. The minimum atomic E-state index is -0.0933. The molecule has 0 aliphatic carbocycles. The molecule has 3 nitrogen and oxygen atoms in total. The maximum absolute atomic E-state index is 12.1. The van der Waals surface area contributed by atoms with Crippen molar-refractivity contribution in [2.45, 2.75) is 5.75 Å². The first kappa shape index (κ1) is 16.5. The fourth-order valence-corrected chi connectivity index (χ4v) is 4.83. The molecule has 1 heterocycles. The van der Waals surface area contributed by atoms with Gasteiger partial charge in [0.15, 0.2) is 4.80 Å². The van der Waals surface area contributed by atoms with Crippen LogP contribution in [0.25, 0.3) is 10.2 Å². The molecule has 0 spiro atoms. The molecule has 118 valence electrons. The number of fused-ring (bicyclic) bond motifs is 1. The van der Waals surface area contributed by atoms with Crippen molar-refractivity contribution >= 4 is 55.2 Å². The number of aromatic nitrogens is 1. The Kier molecular flexibility index (Phi) is 5.35. The number of carbonyl (C=O) groups excluding carboxylic acids is 1. The first-order chi connectivity index (χ1) is 11.1. The average molecular weight is 407 g/mol. The van der Waals surface area contributed by atoms with Gasteiger partial charge in [-0.25, -0.2) is 0 Å². The molecule has 2 aromatic carbocycles. The number of aryl methyl sites for hydroxylation is 1. The molecule has 0 saturated carbocycles. The summed E-state index contributed by atoms with van der Waals surface area (Å²) >= 11 is 6.68. The van der Waals surface area contributed by atoms with Gasteiger partial charge in [-0.3, -0.25) is 4.79 Å². The maximum Gasteiger partial charge on any atom is 0.258 e. The molecule has 0 atom stereocenters. The van der Waals surface area contributed by atoms with Crippen LogP contribution < -0.4 is 4.80 Å². The number of benzene rings is 2. The Morgan fingerprint density at radius 2 is 2.00 bits per heavy atom. The Balaban J connectivity index is 1.72. The zero-order chi connectivity index (χ0) is 16.2. The van der Waals surface area contributed by atoms with Crippen molar-refractivity contribution in [1.29, 1.82) is 0 Å². The molecule has 0 aliphatic rings. The van der Waals surface area contributed by atoms with Crippen molar-refractivity contribution < 1.29 is 4.79 Å². The average Bonchev–Trinajstić information content (AvgIpc) is 2.86. The van der Waals surface area contributed by atoms with Crippen LogP contribution in [0.5, 0.6) is 0 Å². The van der Waals surface area contributed by atoms with E-state index in [2.05, 4.69) is 33.1 Å². The quantitative estimate of drug-likeness (QED) is 0.644. The van der Waals surface area contributed by atoms with Gasteiger partial charge in [-0.1, -0.05) is 47.7 Å². The fraction of sp³-hybridized carbons (Fsp3) is 0.176. The topological polar surface area (TPSA) is 34.4 Å². The molecule has 0 bridgehead atoms. The predicted octanol–water partition coefficient (Wildman–Crippen LogP) is 4.36. The summed E-state index contributed by atoms with van der Waals surface area (Å²) in [4.78, 5) is 17.1. The second-order valence-electron chi connectivity index (χ2n) is 5.01. The van der Waals surface area contributed by atoms with Crippen LogP contribution in [0, 0.1) is 0 Å². The van der Waals surface area contributed by atoms with Crippen LogP contribution in [0.4, 0.5) is 0 Å². The van der Waals surface area contributed by atoms with Gasteiger partial charge in [0, 0.05) is 17.3 Å². The Hall–Kier alpha value is -1.37. The molecule has 1 amide bonds. The number of carbonyl (C=O) groups is 1. The standard InChI is InChI=1S/C17H15BrN2OS2/c1-20-16-13(18)8-5-9-14(16)23-17(20)19-15(21)11-22-10-12-6-3-2-4-7-12/h2-9H,10-11H2,1H3. The van der Waals surface area contributed by atoms with Crippen LogP contribution in [0.2, 0.25) is 0 Å². The molecular formula is C17H15BrN2OS2. The van der Waals surface area contributed by atoms with E-state index in [0.29, 0.717) is 5.75 Å². The number of hydrogen-bond acceptors (Lipinski definition) is 3. The highest BCUT2D eigenvalue weighted by Gasteiger charge is 2.07. The lowest BCUT2D eigenvalue weighted by Crippen LogP contribution is -2.14. The van der Waals surface area contributed by atoms with Crippen LogP contribution in [-0.4, -0.2) is 16.2 Å². The lowest BCUT2D eigenvalue weighted by molar-refractivity contribution is -0.115. The molecule has 23 heavy (non-hydrogen) atoms. The van der Waals surface area contributed by atoms with Crippen molar-refractivity contribution in [2.24, 2.45) is 12.0 Å². The highest BCUT2D eigenvalue weighted by molar-refractivity contribution is 9.10. The van der Waals surface area contributed by atoms with Crippen LogP contribution in [0.3, 0.4) is 0 Å². The van der Waals surface area contributed by atoms with Crippen molar-refractivity contribution in [1.82, 2.24) is 4.57 Å². The van der Waals surface area contributed by atoms with E-state index in [0.717, 1.165) is 25.2 Å². The molecule has 0 unspecified atom stereocenters. The third-order valence-electron chi connectivity index (χ3n) is 3.33. The summed E-state index contributed by atoms with van der Waals surface area (Å²) in [7, 11) is 1.94. The summed E-state index contributed by atoms with van der Waals surface area (Å²) in [5.41, 5.74) is 2.29. The monoisotopic (exact) mass is 406 g/mol. The zero-order valence-electron chi connectivity index (χ0n) is 12.5. The van der Waals surface area contributed by atoms with Gasteiger partial charge in [0.05, 0.1) is 16.0 Å². The Morgan fingerprint density at radius 1 is 1.22 bits per heavy atom. The number of amides is 1. The molecule has 3 rings (SSSR count). The molecule has 0 fully saturated rings. The van der Waals surface area contributed by atoms with E-state index in [1.165, 1.54) is 16.9 Å². The second-order valence-corrected chi connectivity index (χ2v) is 7.86. The number of halogens is 1. The largest absolute Gasteiger partial charge is 0.318 e. The highest BCUT2D eigenvalue weighted by atomic mass is 79.9. The Bertz CT molecular complexity index is 900. The van der Waals surface area contributed by atoms with E-state index in [4.69, 9.17) is 0 Å². The summed E-state index contributed by atoms with van der Waals surface area (Å²) in [5, 5.41) is 0. The normalized spacial score (nSPS) is 12.0. The molecule has 0 N–H and O–H groups in total. The molecule has 3 aromatic rings. The Labute approximate surface area is 151 Å². The minimum absolute atomic E-state index is 0.0933. The third kappa shape index (κ3) is 3.94. The van der Waals surface area contributed by atoms with E-state index in [1.54, 1.807) is 11.8 Å². The molecule has 0 aliphatic heterocycles. The molecule has 0 saturated heterocycles. The predicted molar refractivity (Wildman–Crippen MR) is 102 cm³/mol. The second kappa shape index (κ2) is 7.47. The van der Waals surface area contributed by atoms with Gasteiger partial charge in [0.2, 0.25) is 0 Å². The fourth-order valence-electron chi connectivity index (χ4n) is 2.23. The van der Waals surface area contributed by atoms with Gasteiger partial charge in [-0.15, -0.1) is 11.8 Å². The van der Waals surface area contributed by atoms with Crippen molar-refractivity contribution in [3.05, 3.63) is 63.4 Å². The van der Waals surface area contributed by atoms with E-state index < -0.39 is 0 Å². The number of rotatable bonds is 4. The van der Waals surface area contributed by atoms with Gasteiger partial charge in [-0.2, -0.15) is 4.99 Å².